The van der Waals surface area contributed by atoms with Crippen LogP contribution >= 0.6 is 0 Å². The zero-order chi connectivity index (χ0) is 14.8. The molecule has 0 aliphatic heterocycles. The van der Waals surface area contributed by atoms with Crippen molar-refractivity contribution < 1.29 is 22.7 Å². The van der Waals surface area contributed by atoms with Crippen molar-refractivity contribution in [2.24, 2.45) is 5.73 Å². The van der Waals surface area contributed by atoms with Crippen molar-refractivity contribution >= 4 is 35.0 Å². The van der Waals surface area contributed by atoms with E-state index in [-0.39, 0.29) is 43.4 Å². The number of rotatable bonds is 4. The van der Waals surface area contributed by atoms with Gasteiger partial charge in [-0.25, -0.2) is 0 Å². The van der Waals surface area contributed by atoms with Crippen LogP contribution in [-0.2, 0) is 21.5 Å². The second kappa shape index (κ2) is 7.06. The summed E-state index contributed by atoms with van der Waals surface area (Å²) in [7, 11) is 0. The number of carboxylic acid groups (broad SMARTS) is 2. The zero-order valence-corrected chi connectivity index (χ0v) is 13.4. The molecule has 20 heavy (non-hydrogen) atoms. The van der Waals surface area contributed by atoms with E-state index in [1.165, 1.54) is 0 Å². The van der Waals surface area contributed by atoms with Crippen LogP contribution in [0.25, 0.3) is 0 Å². The predicted molar refractivity (Wildman–Crippen MR) is 79.0 cm³/mol. The number of nitrogens with two attached hydrogens (primary N) is 1. The third-order valence-corrected chi connectivity index (χ3v) is 3.03. The van der Waals surface area contributed by atoms with E-state index >= 15 is 0 Å². The van der Waals surface area contributed by atoms with Crippen LogP contribution in [0.5, 0.6) is 0 Å². The van der Waals surface area contributed by atoms with E-state index < -0.39 is 17.9 Å². The van der Waals surface area contributed by atoms with Gasteiger partial charge < -0.3 is 18.8 Å². The Hall–Kier alpha value is -1.11. The van der Waals surface area contributed by atoms with Crippen LogP contribution < -0.4 is 5.73 Å². The minimum atomic E-state index is -1.58. The van der Waals surface area contributed by atoms with Crippen molar-refractivity contribution in [2.45, 2.75) is 38.6 Å². The van der Waals surface area contributed by atoms with Crippen LogP contribution in [0.2, 0.25) is 0 Å². The van der Waals surface area contributed by atoms with Crippen molar-refractivity contribution in [1.82, 2.24) is 0 Å². The van der Waals surface area contributed by atoms with Crippen LogP contribution in [0, 0.1) is 0 Å². The normalized spacial score (nSPS) is 11.1. The summed E-state index contributed by atoms with van der Waals surface area (Å²) in [6, 6.07) is 5.09. The van der Waals surface area contributed by atoms with Crippen molar-refractivity contribution in [1.29, 1.82) is 0 Å². The monoisotopic (exact) mass is 291 g/mol. The maximum atomic E-state index is 11.1. The maximum Gasteiger partial charge on any atom is 2.00 e. The largest absolute Gasteiger partial charge is 2.00 e. The number of hydrogen-bond acceptors (Lipinski definition) is 3. The van der Waals surface area contributed by atoms with Crippen molar-refractivity contribution in [3.63, 3.8) is 0 Å². The smallest absolute Gasteiger partial charge is 1.00 e. The average Bonchev–Trinajstić information content (AvgIpc) is 2.27. The molecule has 0 aliphatic rings. The predicted octanol–water partition coefficient (Wildman–Crippen LogP) is 1.54. The Balaban J connectivity index is -0.00000120. The molecule has 0 aromatic heterocycles. The molecule has 4 N–H and O–H groups in total. The summed E-state index contributed by atoms with van der Waals surface area (Å²) in [5.74, 6) is -4.34. The van der Waals surface area contributed by atoms with E-state index in [1.54, 1.807) is 18.2 Å². The molecular formula is C14H21MgNO4. The van der Waals surface area contributed by atoms with Crippen molar-refractivity contribution in [3.8, 4) is 0 Å². The van der Waals surface area contributed by atoms with E-state index in [0.29, 0.717) is 5.56 Å². The molecule has 0 heterocycles. The summed E-state index contributed by atoms with van der Waals surface area (Å²) >= 11 is 0. The third kappa shape index (κ3) is 4.19. The average molecular weight is 292 g/mol. The fourth-order valence-electron chi connectivity index (χ4n) is 1.90. The first-order chi connectivity index (χ1) is 8.68. The molecule has 0 amide bonds. The molecular weight excluding hydrogens is 270 g/mol. The fraction of sp³-hybridized carbons (Fsp3) is 0.429. The van der Waals surface area contributed by atoms with Gasteiger partial charge in [0.15, 0.2) is 5.92 Å². The van der Waals surface area contributed by atoms with Crippen molar-refractivity contribution in [3.05, 3.63) is 34.9 Å². The Morgan fingerprint density at radius 3 is 2.10 bits per heavy atom. The summed E-state index contributed by atoms with van der Waals surface area (Å²) in [4.78, 5) is 22.1. The molecule has 5 nitrogen and oxygen atoms in total. The first kappa shape index (κ1) is 18.9. The van der Waals surface area contributed by atoms with Crippen LogP contribution in [0.1, 0.15) is 46.2 Å². The topological polar surface area (TPSA) is 101 Å². The van der Waals surface area contributed by atoms with E-state index in [1.807, 2.05) is 20.8 Å². The molecule has 0 bridgehead atoms. The van der Waals surface area contributed by atoms with Gasteiger partial charge in [0, 0.05) is 6.54 Å². The van der Waals surface area contributed by atoms with Gasteiger partial charge in [0.25, 0.3) is 0 Å². The van der Waals surface area contributed by atoms with Gasteiger partial charge in [-0.3, -0.25) is 9.59 Å². The van der Waals surface area contributed by atoms with Gasteiger partial charge in [-0.1, -0.05) is 39.0 Å². The van der Waals surface area contributed by atoms with Gasteiger partial charge in [-0.2, -0.15) is 0 Å². The van der Waals surface area contributed by atoms with Gasteiger partial charge in [0.2, 0.25) is 0 Å². The SMILES string of the molecule is CC(C)(C)c1ccc(C(C(=O)O)C(=O)O)c(CN)c1.[H-].[H-].[Mg+2]. The fourth-order valence-corrected chi connectivity index (χ4v) is 1.90. The maximum absolute atomic E-state index is 11.1. The standard InChI is InChI=1S/C14H19NO4.Mg.2H/c1-14(2,3)9-4-5-10(8(6-9)7-15)11(12(16)17)13(18)19;;;/h4-6,11H,7,15H2,1-3H3,(H,16,17)(H,18,19);;;/q;+2;2*-1. The molecule has 0 radical (unpaired) electrons. The molecule has 108 valence electrons. The molecule has 0 saturated carbocycles. The number of hydrogen-bond donors (Lipinski definition) is 3. The second-order valence-electron chi connectivity index (χ2n) is 5.48. The molecule has 1 aromatic rings. The minimum Gasteiger partial charge on any atom is -1.00 e. The first-order valence-electron chi connectivity index (χ1n) is 5.97. The third-order valence-electron chi connectivity index (χ3n) is 3.03. The molecule has 0 unspecified atom stereocenters. The van der Waals surface area contributed by atoms with Gasteiger partial charge in [-0.15, -0.1) is 0 Å². The molecule has 0 fully saturated rings. The summed E-state index contributed by atoms with van der Waals surface area (Å²) < 4.78 is 0. The molecule has 1 aromatic carbocycles. The van der Waals surface area contributed by atoms with Crippen LogP contribution in [0.4, 0.5) is 0 Å². The van der Waals surface area contributed by atoms with Crippen LogP contribution in [0.15, 0.2) is 18.2 Å². The molecule has 0 spiro atoms. The number of carboxylic acids is 2. The Labute approximate surface area is 137 Å². The van der Waals surface area contributed by atoms with Gasteiger partial charge >= 0.3 is 35.0 Å². The van der Waals surface area contributed by atoms with Gasteiger partial charge in [0.1, 0.15) is 0 Å². The van der Waals surface area contributed by atoms with Crippen LogP contribution in [-0.4, -0.2) is 45.2 Å². The van der Waals surface area contributed by atoms with E-state index in [0.717, 1.165) is 5.56 Å². The summed E-state index contributed by atoms with van der Waals surface area (Å²) in [6.07, 6.45) is 0. The molecule has 0 atom stereocenters. The van der Waals surface area contributed by atoms with Gasteiger partial charge in [-0.05, 0) is 22.1 Å². The number of carbonyl (C=O) groups is 2. The Morgan fingerprint density at radius 2 is 1.75 bits per heavy atom. The van der Waals surface area contributed by atoms with E-state index in [2.05, 4.69) is 0 Å². The zero-order valence-electron chi connectivity index (χ0n) is 14.0. The first-order valence-corrected chi connectivity index (χ1v) is 5.97. The van der Waals surface area contributed by atoms with Crippen molar-refractivity contribution in [2.75, 3.05) is 0 Å². The van der Waals surface area contributed by atoms with E-state index in [4.69, 9.17) is 15.9 Å². The Kier molecular flexibility index (Phi) is 6.66. The molecule has 6 heteroatoms. The van der Waals surface area contributed by atoms with Gasteiger partial charge in [0.05, 0.1) is 0 Å². The minimum absolute atomic E-state index is 0. The molecule has 1 rings (SSSR count). The summed E-state index contributed by atoms with van der Waals surface area (Å²) in [6.45, 7) is 6.17. The number of benzene rings is 1. The Bertz CT molecular complexity index is 504. The second-order valence-corrected chi connectivity index (χ2v) is 5.48. The van der Waals surface area contributed by atoms with Crippen LogP contribution in [0.3, 0.4) is 0 Å². The van der Waals surface area contributed by atoms with E-state index in [9.17, 15) is 9.59 Å². The molecule has 0 aliphatic carbocycles. The number of aliphatic carboxylic acids is 2. The summed E-state index contributed by atoms with van der Waals surface area (Å²) in [5, 5.41) is 18.0. The Morgan fingerprint density at radius 1 is 1.25 bits per heavy atom. The molecule has 0 saturated heterocycles. The summed E-state index contributed by atoms with van der Waals surface area (Å²) in [5.41, 5.74) is 7.30. The quantitative estimate of drug-likeness (QED) is 0.577.